The van der Waals surface area contributed by atoms with Gasteiger partial charge in [-0.25, -0.2) is 4.68 Å². The van der Waals surface area contributed by atoms with E-state index in [-0.39, 0.29) is 6.10 Å². The second-order valence-corrected chi connectivity index (χ2v) is 8.31. The van der Waals surface area contributed by atoms with E-state index in [0.717, 1.165) is 71.0 Å². The largest absolute Gasteiger partial charge is 0.376 e. The Hall–Kier alpha value is -1.83. The molecular weight excluding hydrogens is 364 g/mol. The molecule has 2 fully saturated rings. The van der Waals surface area contributed by atoms with Crippen LogP contribution in [-0.2, 0) is 17.8 Å². The van der Waals surface area contributed by atoms with Gasteiger partial charge in [-0.2, -0.15) is 0 Å². The summed E-state index contributed by atoms with van der Waals surface area (Å²) >= 11 is 0. The summed E-state index contributed by atoms with van der Waals surface area (Å²) in [5.41, 5.74) is 1.39. The number of rotatable bonds is 9. The second-order valence-electron chi connectivity index (χ2n) is 8.31. The summed E-state index contributed by atoms with van der Waals surface area (Å²) < 4.78 is 7.83. The maximum Gasteiger partial charge on any atom is 0.168 e. The van der Waals surface area contributed by atoms with Crippen molar-refractivity contribution in [2.45, 2.75) is 64.3 Å². The number of nitrogens with zero attached hydrogens (tertiary/aromatic N) is 6. The zero-order chi connectivity index (χ0) is 19.9. The van der Waals surface area contributed by atoms with Crippen LogP contribution in [0.5, 0.6) is 0 Å². The van der Waals surface area contributed by atoms with Crippen LogP contribution in [0.2, 0.25) is 0 Å². The van der Waals surface area contributed by atoms with E-state index in [1.54, 1.807) is 0 Å². The third-order valence-electron chi connectivity index (χ3n) is 6.19. The topological polar surface area (TPSA) is 59.3 Å². The van der Waals surface area contributed by atoms with E-state index < -0.39 is 0 Å². The van der Waals surface area contributed by atoms with Crippen LogP contribution in [-0.4, -0.2) is 68.9 Å². The Bertz CT molecular complexity index is 722. The summed E-state index contributed by atoms with van der Waals surface area (Å²) in [5.74, 6) is 1.02. The number of aromatic nitrogens is 4. The Morgan fingerprint density at radius 2 is 1.97 bits per heavy atom. The van der Waals surface area contributed by atoms with E-state index in [4.69, 9.17) is 4.74 Å². The Morgan fingerprint density at radius 3 is 2.69 bits per heavy atom. The van der Waals surface area contributed by atoms with Crippen LogP contribution in [0.25, 0.3) is 0 Å². The van der Waals surface area contributed by atoms with E-state index in [2.05, 4.69) is 62.6 Å². The standard InChI is InChI=1S/C22H34N6O/c1-2-3-11-21(22-23-24-25-28(22)18-20-10-7-16-29-20)27-14-12-26(13-15-27)17-19-8-5-4-6-9-19/h4-6,8-9,20-21H,2-3,7,10-18H2,1H3/t20-,21-/m0/s1. The lowest BCUT2D eigenvalue weighted by Gasteiger charge is -2.39. The smallest absolute Gasteiger partial charge is 0.168 e. The highest BCUT2D eigenvalue weighted by Gasteiger charge is 2.30. The molecule has 2 aromatic rings. The summed E-state index contributed by atoms with van der Waals surface area (Å²) in [7, 11) is 0. The minimum atomic E-state index is 0.256. The Kier molecular flexibility index (Phi) is 7.24. The van der Waals surface area contributed by atoms with E-state index in [9.17, 15) is 0 Å². The summed E-state index contributed by atoms with van der Waals surface area (Å²) in [5, 5.41) is 12.8. The summed E-state index contributed by atoms with van der Waals surface area (Å²) in [6.07, 6.45) is 6.01. The monoisotopic (exact) mass is 398 g/mol. The molecule has 2 atom stereocenters. The fourth-order valence-corrected chi connectivity index (χ4v) is 4.51. The van der Waals surface area contributed by atoms with Crippen LogP contribution in [0.15, 0.2) is 30.3 Å². The van der Waals surface area contributed by atoms with Gasteiger partial charge in [0.25, 0.3) is 0 Å². The molecule has 3 heterocycles. The zero-order valence-corrected chi connectivity index (χ0v) is 17.6. The lowest BCUT2D eigenvalue weighted by Crippen LogP contribution is -2.47. The molecule has 0 unspecified atom stereocenters. The van der Waals surface area contributed by atoms with Crippen molar-refractivity contribution in [1.82, 2.24) is 30.0 Å². The number of ether oxygens (including phenoxy) is 1. The molecule has 2 aliphatic heterocycles. The number of unbranched alkanes of at least 4 members (excludes halogenated alkanes) is 1. The number of hydrogen-bond acceptors (Lipinski definition) is 6. The minimum Gasteiger partial charge on any atom is -0.376 e. The average molecular weight is 399 g/mol. The molecule has 0 bridgehead atoms. The predicted octanol–water partition coefficient (Wildman–Crippen LogP) is 2.90. The van der Waals surface area contributed by atoms with Gasteiger partial charge >= 0.3 is 0 Å². The fourth-order valence-electron chi connectivity index (χ4n) is 4.51. The van der Waals surface area contributed by atoms with Gasteiger partial charge in [0.2, 0.25) is 0 Å². The highest BCUT2D eigenvalue weighted by Crippen LogP contribution is 2.27. The van der Waals surface area contributed by atoms with Gasteiger partial charge in [-0.05, 0) is 35.3 Å². The lowest BCUT2D eigenvalue weighted by molar-refractivity contribution is 0.0730. The van der Waals surface area contributed by atoms with Crippen molar-refractivity contribution < 1.29 is 4.74 Å². The number of piperazine rings is 1. The van der Waals surface area contributed by atoms with Crippen LogP contribution in [0, 0.1) is 0 Å². The van der Waals surface area contributed by atoms with Crippen molar-refractivity contribution >= 4 is 0 Å². The van der Waals surface area contributed by atoms with Gasteiger partial charge in [-0.1, -0.05) is 50.1 Å². The molecule has 0 N–H and O–H groups in total. The molecule has 2 aliphatic rings. The first-order valence-corrected chi connectivity index (χ1v) is 11.2. The molecule has 158 valence electrons. The quantitative estimate of drug-likeness (QED) is 0.647. The Labute approximate surface area is 174 Å². The van der Waals surface area contributed by atoms with Crippen molar-refractivity contribution in [1.29, 1.82) is 0 Å². The van der Waals surface area contributed by atoms with Gasteiger partial charge in [0.05, 0.1) is 18.7 Å². The van der Waals surface area contributed by atoms with Gasteiger partial charge in [0, 0.05) is 39.3 Å². The van der Waals surface area contributed by atoms with Gasteiger partial charge in [-0.3, -0.25) is 9.80 Å². The Morgan fingerprint density at radius 1 is 1.14 bits per heavy atom. The zero-order valence-electron chi connectivity index (χ0n) is 17.6. The molecule has 4 rings (SSSR count). The van der Waals surface area contributed by atoms with Gasteiger partial charge in [-0.15, -0.1) is 5.10 Å². The number of tetrazole rings is 1. The second kappa shape index (κ2) is 10.3. The molecule has 1 aromatic heterocycles. The Balaban J connectivity index is 1.39. The normalized spacial score (nSPS) is 22.2. The van der Waals surface area contributed by atoms with Crippen molar-refractivity contribution in [3.05, 3.63) is 41.7 Å². The number of hydrogen-bond donors (Lipinski definition) is 0. The molecule has 0 radical (unpaired) electrons. The molecule has 0 aliphatic carbocycles. The molecule has 2 saturated heterocycles. The first kappa shape index (κ1) is 20.4. The highest BCUT2D eigenvalue weighted by atomic mass is 16.5. The van der Waals surface area contributed by atoms with Crippen LogP contribution in [0.3, 0.4) is 0 Å². The molecule has 1 aromatic carbocycles. The third-order valence-corrected chi connectivity index (χ3v) is 6.19. The average Bonchev–Trinajstić information content (AvgIpc) is 3.43. The van der Waals surface area contributed by atoms with E-state index in [1.807, 2.05) is 4.68 Å². The van der Waals surface area contributed by atoms with Crippen LogP contribution >= 0.6 is 0 Å². The van der Waals surface area contributed by atoms with Crippen molar-refractivity contribution in [3.8, 4) is 0 Å². The predicted molar refractivity (Wildman–Crippen MR) is 112 cm³/mol. The van der Waals surface area contributed by atoms with Gasteiger partial charge < -0.3 is 4.74 Å². The lowest BCUT2D eigenvalue weighted by atomic mass is 10.1. The molecule has 0 amide bonds. The molecule has 7 nitrogen and oxygen atoms in total. The molecule has 0 spiro atoms. The van der Waals surface area contributed by atoms with Crippen LogP contribution in [0.4, 0.5) is 0 Å². The molecule has 0 saturated carbocycles. The third kappa shape index (κ3) is 5.41. The number of benzene rings is 1. The van der Waals surface area contributed by atoms with Crippen molar-refractivity contribution in [2.24, 2.45) is 0 Å². The first-order valence-electron chi connectivity index (χ1n) is 11.2. The van der Waals surface area contributed by atoms with Crippen LogP contribution < -0.4 is 0 Å². The van der Waals surface area contributed by atoms with Crippen molar-refractivity contribution in [2.75, 3.05) is 32.8 Å². The van der Waals surface area contributed by atoms with Crippen molar-refractivity contribution in [3.63, 3.8) is 0 Å². The molecule has 29 heavy (non-hydrogen) atoms. The summed E-state index contributed by atoms with van der Waals surface area (Å²) in [6.45, 7) is 9.23. The first-order chi connectivity index (χ1) is 14.3. The minimum absolute atomic E-state index is 0.256. The summed E-state index contributed by atoms with van der Waals surface area (Å²) in [4.78, 5) is 5.15. The molecular formula is C22H34N6O. The van der Waals surface area contributed by atoms with Gasteiger partial charge in [0.1, 0.15) is 0 Å². The highest BCUT2D eigenvalue weighted by molar-refractivity contribution is 5.14. The van der Waals surface area contributed by atoms with E-state index in [1.165, 1.54) is 18.4 Å². The van der Waals surface area contributed by atoms with E-state index >= 15 is 0 Å². The van der Waals surface area contributed by atoms with Crippen LogP contribution in [0.1, 0.15) is 56.5 Å². The van der Waals surface area contributed by atoms with E-state index in [0.29, 0.717) is 6.04 Å². The molecule has 7 heteroatoms. The maximum atomic E-state index is 5.82. The summed E-state index contributed by atoms with van der Waals surface area (Å²) in [6, 6.07) is 11.1. The fraction of sp³-hybridized carbons (Fsp3) is 0.682. The maximum absolute atomic E-state index is 5.82. The SMILES string of the molecule is CCCC[C@@H](c1nnnn1C[C@@H]1CCCO1)N1CCN(Cc2ccccc2)CC1. The van der Waals surface area contributed by atoms with Gasteiger partial charge in [0.15, 0.2) is 5.82 Å².